The van der Waals surface area contributed by atoms with Crippen LogP contribution in [0.4, 0.5) is 0 Å². The zero-order valence-electron chi connectivity index (χ0n) is 21.9. The minimum absolute atomic E-state index is 0.0181. The van der Waals surface area contributed by atoms with Crippen LogP contribution in [-0.4, -0.2) is 51.0 Å². The molecule has 0 bridgehead atoms. The van der Waals surface area contributed by atoms with Crippen molar-refractivity contribution in [3.63, 3.8) is 0 Å². The molecule has 204 valence electrons. The van der Waals surface area contributed by atoms with Crippen LogP contribution < -0.4 is 20.8 Å². The Hall–Kier alpha value is -3.89. The third-order valence-electron chi connectivity index (χ3n) is 6.79. The average Bonchev–Trinajstić information content (AvgIpc) is 3.69. The second-order valence-corrected chi connectivity index (χ2v) is 10.4. The molecule has 4 aromatic rings. The van der Waals surface area contributed by atoms with Gasteiger partial charge in [-0.25, -0.2) is 4.52 Å². The van der Waals surface area contributed by atoms with Gasteiger partial charge < -0.3 is 19.9 Å². The van der Waals surface area contributed by atoms with Gasteiger partial charge in [0.05, 0.1) is 23.5 Å². The van der Waals surface area contributed by atoms with Crippen LogP contribution in [0.5, 0.6) is 11.5 Å². The topological polar surface area (TPSA) is 123 Å². The van der Waals surface area contributed by atoms with E-state index in [1.807, 2.05) is 13.8 Å². The molecule has 11 heteroatoms. The summed E-state index contributed by atoms with van der Waals surface area (Å²) >= 11 is 5.94. The van der Waals surface area contributed by atoms with Crippen LogP contribution in [0.15, 0.2) is 59.9 Å². The van der Waals surface area contributed by atoms with Crippen molar-refractivity contribution in [3.8, 4) is 28.4 Å². The molecular formula is C28H30ClN5O5. The summed E-state index contributed by atoms with van der Waals surface area (Å²) in [5.74, 6) is 0.716. The van der Waals surface area contributed by atoms with Crippen molar-refractivity contribution in [1.82, 2.24) is 19.2 Å². The number of benzene rings is 1. The van der Waals surface area contributed by atoms with Gasteiger partial charge in [-0.3, -0.25) is 19.1 Å². The number of nitrogens with zero attached hydrogens (tertiary/aromatic N) is 4. The molecule has 5 rings (SSSR count). The highest BCUT2D eigenvalue weighted by molar-refractivity contribution is 6.30. The van der Waals surface area contributed by atoms with Gasteiger partial charge in [-0.1, -0.05) is 25.4 Å². The fourth-order valence-electron chi connectivity index (χ4n) is 4.19. The van der Waals surface area contributed by atoms with Crippen LogP contribution in [0, 0.1) is 11.8 Å². The standard InChI is InChI=1S/C28H30ClN5O5/c1-16(2)26(30)28(36)39-25(17-4-5-17)14-38-23-9-7-20(11-24(23)37-3)33-15-32-34-13-18(10-22(34)27(33)35)21-8-6-19(29)12-31-21/h6-13,15-17,25-26H,4-5,14,30H2,1-3H3/t25?,26-/m0/s1. The molecular weight excluding hydrogens is 522 g/mol. The molecule has 0 radical (unpaired) electrons. The minimum atomic E-state index is -0.677. The van der Waals surface area contributed by atoms with E-state index in [9.17, 15) is 9.59 Å². The monoisotopic (exact) mass is 551 g/mol. The molecule has 3 aromatic heterocycles. The maximum Gasteiger partial charge on any atom is 0.323 e. The van der Waals surface area contributed by atoms with Gasteiger partial charge in [0.15, 0.2) is 11.5 Å². The lowest BCUT2D eigenvalue weighted by atomic mass is 10.1. The average molecular weight is 552 g/mol. The number of methoxy groups -OCH3 is 1. The van der Waals surface area contributed by atoms with E-state index in [1.165, 1.54) is 22.5 Å². The number of aromatic nitrogens is 4. The number of carbonyl (C=O) groups is 1. The first kappa shape index (κ1) is 26.7. The number of hydrogen-bond acceptors (Lipinski definition) is 8. The molecule has 0 aliphatic heterocycles. The minimum Gasteiger partial charge on any atom is -0.493 e. The zero-order valence-corrected chi connectivity index (χ0v) is 22.7. The summed E-state index contributed by atoms with van der Waals surface area (Å²) < 4.78 is 20.2. The van der Waals surface area contributed by atoms with Gasteiger partial charge in [-0.15, -0.1) is 0 Å². The summed E-state index contributed by atoms with van der Waals surface area (Å²) in [4.78, 5) is 30.1. The van der Waals surface area contributed by atoms with Crippen molar-refractivity contribution in [2.24, 2.45) is 17.6 Å². The quantitative estimate of drug-likeness (QED) is 0.294. The Morgan fingerprint density at radius 2 is 1.97 bits per heavy atom. The Bertz CT molecular complexity index is 1540. The van der Waals surface area contributed by atoms with E-state index in [4.69, 9.17) is 31.5 Å². The Balaban J connectivity index is 1.36. The smallest absolute Gasteiger partial charge is 0.323 e. The van der Waals surface area contributed by atoms with Gasteiger partial charge in [0.2, 0.25) is 0 Å². The van der Waals surface area contributed by atoms with Gasteiger partial charge in [-0.05, 0) is 55.0 Å². The molecule has 0 amide bonds. The normalized spacial score (nSPS) is 14.8. The van der Waals surface area contributed by atoms with Crippen LogP contribution >= 0.6 is 11.6 Å². The van der Waals surface area contributed by atoms with Crippen molar-refractivity contribution < 1.29 is 19.0 Å². The summed E-state index contributed by atoms with van der Waals surface area (Å²) in [5, 5.41) is 4.93. The second-order valence-electron chi connectivity index (χ2n) is 9.96. The molecule has 1 aliphatic rings. The second kappa shape index (κ2) is 11.1. The van der Waals surface area contributed by atoms with E-state index in [1.54, 1.807) is 48.8 Å². The Labute approximate surface area is 230 Å². The number of fused-ring (bicyclic) bond motifs is 1. The van der Waals surface area contributed by atoms with Gasteiger partial charge in [-0.2, -0.15) is 5.10 Å². The molecule has 0 saturated heterocycles. The number of carbonyl (C=O) groups excluding carboxylic acids is 1. The summed E-state index contributed by atoms with van der Waals surface area (Å²) in [7, 11) is 1.52. The van der Waals surface area contributed by atoms with Crippen molar-refractivity contribution in [1.29, 1.82) is 0 Å². The fourth-order valence-corrected chi connectivity index (χ4v) is 4.30. The van der Waals surface area contributed by atoms with Gasteiger partial charge in [0.1, 0.15) is 30.6 Å². The van der Waals surface area contributed by atoms with Crippen LogP contribution in [-0.2, 0) is 9.53 Å². The van der Waals surface area contributed by atoms with E-state index in [2.05, 4.69) is 10.1 Å². The lowest BCUT2D eigenvalue weighted by Crippen LogP contribution is -2.40. The van der Waals surface area contributed by atoms with E-state index in [0.29, 0.717) is 33.4 Å². The summed E-state index contributed by atoms with van der Waals surface area (Å²) in [6.07, 6.45) is 6.30. The molecule has 39 heavy (non-hydrogen) atoms. The maximum absolute atomic E-state index is 13.3. The van der Waals surface area contributed by atoms with Crippen LogP contribution in [0.25, 0.3) is 22.5 Å². The van der Waals surface area contributed by atoms with Gasteiger partial charge in [0.25, 0.3) is 5.56 Å². The first-order chi connectivity index (χ1) is 18.7. The maximum atomic E-state index is 13.3. The Morgan fingerprint density at radius 3 is 2.64 bits per heavy atom. The molecule has 3 heterocycles. The third-order valence-corrected chi connectivity index (χ3v) is 7.01. The fraction of sp³-hybridized carbons (Fsp3) is 0.357. The number of pyridine rings is 1. The summed E-state index contributed by atoms with van der Waals surface area (Å²) in [5.41, 5.74) is 8.07. The van der Waals surface area contributed by atoms with Gasteiger partial charge >= 0.3 is 5.97 Å². The number of esters is 1. The van der Waals surface area contributed by atoms with Gasteiger partial charge in [0, 0.05) is 24.0 Å². The lowest BCUT2D eigenvalue weighted by Gasteiger charge is -2.22. The highest BCUT2D eigenvalue weighted by Gasteiger charge is 2.36. The highest BCUT2D eigenvalue weighted by Crippen LogP contribution is 2.36. The van der Waals surface area contributed by atoms with Crippen LogP contribution in [0.1, 0.15) is 26.7 Å². The SMILES string of the molecule is COc1cc(-n2cnn3cc(-c4ccc(Cl)cn4)cc3c2=O)ccc1OCC(OC(=O)[C@@H](N)C(C)C)C1CC1. The molecule has 1 unspecified atom stereocenters. The molecule has 1 aromatic carbocycles. The number of ether oxygens (including phenoxy) is 3. The zero-order chi connectivity index (χ0) is 27.7. The highest BCUT2D eigenvalue weighted by atomic mass is 35.5. The van der Waals surface area contributed by atoms with E-state index in [-0.39, 0.29) is 30.1 Å². The van der Waals surface area contributed by atoms with E-state index < -0.39 is 12.0 Å². The van der Waals surface area contributed by atoms with E-state index in [0.717, 1.165) is 18.4 Å². The molecule has 1 saturated carbocycles. The Morgan fingerprint density at radius 1 is 1.18 bits per heavy atom. The first-order valence-corrected chi connectivity index (χ1v) is 13.1. The molecule has 1 aliphatic carbocycles. The first-order valence-electron chi connectivity index (χ1n) is 12.7. The number of hydrogen-bond donors (Lipinski definition) is 1. The molecule has 1 fully saturated rings. The predicted molar refractivity (Wildman–Crippen MR) is 146 cm³/mol. The summed E-state index contributed by atoms with van der Waals surface area (Å²) in [6.45, 7) is 3.94. The lowest BCUT2D eigenvalue weighted by molar-refractivity contribution is -0.154. The molecule has 0 spiro atoms. The van der Waals surface area contributed by atoms with Crippen molar-refractivity contribution >= 4 is 23.1 Å². The van der Waals surface area contributed by atoms with Crippen molar-refractivity contribution in [2.45, 2.75) is 38.8 Å². The van der Waals surface area contributed by atoms with Crippen molar-refractivity contribution in [3.05, 3.63) is 70.5 Å². The van der Waals surface area contributed by atoms with Crippen LogP contribution in [0.2, 0.25) is 5.02 Å². The molecule has 2 atom stereocenters. The third kappa shape index (κ3) is 5.76. The van der Waals surface area contributed by atoms with Crippen LogP contribution in [0.3, 0.4) is 0 Å². The number of nitrogens with two attached hydrogens (primary N) is 1. The summed E-state index contributed by atoms with van der Waals surface area (Å²) in [6, 6.07) is 9.75. The number of halogens is 1. The largest absolute Gasteiger partial charge is 0.493 e. The van der Waals surface area contributed by atoms with Crippen molar-refractivity contribution in [2.75, 3.05) is 13.7 Å². The van der Waals surface area contributed by atoms with E-state index >= 15 is 0 Å². The predicted octanol–water partition coefficient (Wildman–Crippen LogP) is 3.89. The molecule has 10 nitrogen and oxygen atoms in total. The Kier molecular flexibility index (Phi) is 7.58. The number of rotatable bonds is 10. The molecule has 2 N–H and O–H groups in total.